The molecule has 0 spiro atoms. The number of nitrogens with one attached hydrogen (secondary N) is 1. The molecule has 6 aromatic rings. The molecule has 2 aromatic carbocycles. The number of carbonyl (C=O) groups excluding carboxylic acids is 2. The highest BCUT2D eigenvalue weighted by atomic mass is 35.5. The van der Waals surface area contributed by atoms with Gasteiger partial charge in [-0.25, -0.2) is 19.7 Å². The maximum Gasteiger partial charge on any atom is 0.341 e. The molecule has 0 atom stereocenters. The van der Waals surface area contributed by atoms with Gasteiger partial charge in [-0.2, -0.15) is 5.26 Å². The summed E-state index contributed by atoms with van der Waals surface area (Å²) in [5, 5.41) is 12.9. The number of methoxy groups -OCH3 is 1. The summed E-state index contributed by atoms with van der Waals surface area (Å²) in [7, 11) is 1.30. The van der Waals surface area contributed by atoms with E-state index in [-0.39, 0.29) is 31.6 Å². The Hall–Kier alpha value is -6.13. The Balaban J connectivity index is 0.000000231. The van der Waals surface area contributed by atoms with Crippen molar-refractivity contribution in [2.75, 3.05) is 18.2 Å². The van der Waals surface area contributed by atoms with E-state index in [1.54, 1.807) is 30.6 Å². The minimum atomic E-state index is -0.445. The van der Waals surface area contributed by atoms with E-state index < -0.39 is 5.97 Å². The second kappa shape index (κ2) is 23.6. The molecule has 6 rings (SSSR count). The molecule has 0 saturated heterocycles. The Morgan fingerprint density at radius 3 is 1.77 bits per heavy atom. The van der Waals surface area contributed by atoms with Gasteiger partial charge in [-0.1, -0.05) is 72.2 Å². The first-order valence-electron chi connectivity index (χ1n) is 17.1. The lowest BCUT2D eigenvalue weighted by Crippen LogP contribution is -2.13. The van der Waals surface area contributed by atoms with Gasteiger partial charge in [0.2, 0.25) is 0 Å². The largest absolute Gasteiger partial charge is 0.465 e. The number of nitrogens with zero attached hydrogens (tertiary/aromatic N) is 6. The maximum absolute atomic E-state index is 12.1. The van der Waals surface area contributed by atoms with Gasteiger partial charge in [0.05, 0.1) is 12.7 Å². The average Bonchev–Trinajstić information content (AvgIpc) is 3.19. The summed E-state index contributed by atoms with van der Waals surface area (Å²) < 4.78 is 4.45. The molecule has 0 aliphatic rings. The van der Waals surface area contributed by atoms with Crippen LogP contribution in [0.25, 0.3) is 4.85 Å². The predicted octanol–water partition coefficient (Wildman–Crippen LogP) is 9.54. The Labute approximate surface area is 341 Å². The number of anilines is 2. The van der Waals surface area contributed by atoms with Crippen molar-refractivity contribution in [1.29, 1.82) is 5.26 Å². The van der Waals surface area contributed by atoms with Crippen LogP contribution in [-0.2, 0) is 17.6 Å². The molecule has 14 heteroatoms. The zero-order valence-corrected chi connectivity index (χ0v) is 33.9. The fraction of sp³-hybridized carbons (Fsp3) is 0.143. The topological polar surface area (TPSA) is 161 Å². The number of aromatic nitrogens is 4. The lowest BCUT2D eigenvalue weighted by Gasteiger charge is -2.06. The summed E-state index contributed by atoms with van der Waals surface area (Å²) in [6, 6.07) is 30.8. The lowest BCUT2D eigenvalue weighted by molar-refractivity contribution is 0.0600. The third-order valence-corrected chi connectivity index (χ3v) is 7.40. The van der Waals surface area contributed by atoms with Crippen LogP contribution in [0, 0.1) is 17.9 Å². The van der Waals surface area contributed by atoms with Crippen LogP contribution in [-0.4, -0.2) is 53.1 Å². The van der Waals surface area contributed by atoms with Crippen molar-refractivity contribution >= 4 is 66.7 Å². The van der Waals surface area contributed by atoms with Crippen LogP contribution in [0.15, 0.2) is 122 Å². The van der Waals surface area contributed by atoms with Crippen LogP contribution >= 0.6 is 23.2 Å². The van der Waals surface area contributed by atoms with Gasteiger partial charge < -0.3 is 20.6 Å². The summed E-state index contributed by atoms with van der Waals surface area (Å²) >= 11 is 11.7. The molecule has 4 aromatic heterocycles. The number of benzene rings is 2. The number of hydrogen-bond donors (Lipinski definition) is 2. The van der Waals surface area contributed by atoms with Gasteiger partial charge in [0.15, 0.2) is 0 Å². The number of hydrogen-bond acceptors (Lipinski definition) is 9. The van der Waals surface area contributed by atoms with Gasteiger partial charge in [-0.05, 0) is 89.7 Å². The van der Waals surface area contributed by atoms with Crippen LogP contribution in [0.4, 0.5) is 17.5 Å². The van der Waals surface area contributed by atoms with Crippen molar-refractivity contribution in [1.82, 2.24) is 19.9 Å². The van der Waals surface area contributed by atoms with Gasteiger partial charge in [-0.15, -0.1) is 22.3 Å². The summed E-state index contributed by atoms with van der Waals surface area (Å²) in [5.41, 5.74) is 10.9. The number of ether oxygens (including phenoxy) is 1. The summed E-state index contributed by atoms with van der Waals surface area (Å²) in [6.45, 7) is 6.61. The highest BCUT2D eigenvalue weighted by Crippen LogP contribution is 2.17. The van der Waals surface area contributed by atoms with Gasteiger partial charge >= 0.3 is 5.97 Å². The van der Waals surface area contributed by atoms with Crippen molar-refractivity contribution in [2.24, 2.45) is 0 Å². The van der Waals surface area contributed by atoms with Crippen molar-refractivity contribution in [3.05, 3.63) is 182 Å². The van der Waals surface area contributed by atoms with E-state index >= 15 is 0 Å². The summed E-state index contributed by atoms with van der Waals surface area (Å²) in [4.78, 5) is 42.0. The molecule has 0 aliphatic heterocycles. The standard InChI is InChI=1S/C19H13ClN4O.C12H11ClN2.C8H6N2O2.3CH3.Al/c20-16-3-1-2-13(9-16)8-14-4-7-18(23-11-14)24-19(25)15-5-6-17(10-21)22-12-15;13-11-3-1-2-9(7-11)6-10-4-5-12(14)15-8-10;1-9-7-4-3-6(5-10-7)8(11)12-2;;;;/h1-7,9,11-12H,8H2,(H,23,24,25);1-5,7-8H,6H2,(H2,14,15);3-5H,2H3;3*1H3;. The van der Waals surface area contributed by atoms with Gasteiger partial charge in [0.1, 0.15) is 35.2 Å². The molecule has 0 saturated carbocycles. The molecule has 4 heterocycles. The van der Waals surface area contributed by atoms with Crippen molar-refractivity contribution < 1.29 is 14.3 Å². The zero-order chi connectivity index (χ0) is 40.9. The SMILES string of the molecule is N#Cc1ccc(C(=O)Nc2ccc(Cc3cccc(Cl)c3)cn2)cn1.Nc1ccc(Cc2cccc(Cl)c2)cn1.[C-]#[N+]c1ccc(C(=O)OC)cn1.[CH3][Al]([CH3])[CH3]. The van der Waals surface area contributed by atoms with E-state index in [0.29, 0.717) is 34.2 Å². The van der Waals surface area contributed by atoms with E-state index in [9.17, 15) is 9.59 Å². The monoisotopic (exact) mass is 800 g/mol. The first-order valence-corrected chi connectivity index (χ1v) is 21.3. The number of rotatable bonds is 7. The molecular formula is C42H39AlCl2N8O3. The van der Waals surface area contributed by atoms with Crippen molar-refractivity contribution in [3.63, 3.8) is 0 Å². The Bertz CT molecular complexity index is 2240. The third-order valence-electron chi connectivity index (χ3n) is 6.93. The van der Waals surface area contributed by atoms with Gasteiger partial charge in [0.25, 0.3) is 25.9 Å². The van der Waals surface area contributed by atoms with Crippen LogP contribution in [0.5, 0.6) is 0 Å². The Kier molecular flexibility index (Phi) is 18.7. The number of amides is 1. The number of carbonyl (C=O) groups is 2. The summed E-state index contributed by atoms with van der Waals surface area (Å²) in [5.74, 6) is 7.41. The number of nitrogens with two attached hydrogens (primary N) is 1. The van der Waals surface area contributed by atoms with Crippen molar-refractivity contribution in [3.8, 4) is 6.07 Å². The number of nitriles is 1. The molecule has 282 valence electrons. The molecule has 0 aliphatic carbocycles. The second-order valence-electron chi connectivity index (χ2n) is 12.5. The predicted molar refractivity (Wildman–Crippen MR) is 223 cm³/mol. The van der Waals surface area contributed by atoms with Gasteiger partial charge in [-0.3, -0.25) is 4.79 Å². The highest BCUT2D eigenvalue weighted by Gasteiger charge is 2.09. The number of esters is 1. The molecule has 56 heavy (non-hydrogen) atoms. The highest BCUT2D eigenvalue weighted by molar-refractivity contribution is 6.54. The van der Waals surface area contributed by atoms with E-state index in [1.165, 1.54) is 43.3 Å². The number of pyridine rings is 4. The Morgan fingerprint density at radius 2 is 1.34 bits per heavy atom. The smallest absolute Gasteiger partial charge is 0.341 e. The maximum atomic E-state index is 12.1. The fourth-order valence-electron chi connectivity index (χ4n) is 4.38. The van der Waals surface area contributed by atoms with Crippen LogP contribution in [0.3, 0.4) is 0 Å². The fourth-order valence-corrected chi connectivity index (χ4v) is 4.81. The molecule has 0 radical (unpaired) electrons. The number of halogens is 2. The molecule has 3 N–H and O–H groups in total. The van der Waals surface area contributed by atoms with Crippen molar-refractivity contribution in [2.45, 2.75) is 30.2 Å². The quantitative estimate of drug-likeness (QED) is 0.0910. The van der Waals surface area contributed by atoms with E-state index in [1.807, 2.05) is 66.7 Å². The van der Waals surface area contributed by atoms with Gasteiger partial charge in [0, 0.05) is 28.6 Å². The average molecular weight is 802 g/mol. The summed E-state index contributed by atoms with van der Waals surface area (Å²) in [6.07, 6.45) is 7.72. The minimum Gasteiger partial charge on any atom is -0.465 e. The Morgan fingerprint density at radius 1 is 0.768 bits per heavy atom. The third kappa shape index (κ3) is 16.5. The minimum absolute atomic E-state index is 0.139. The van der Waals surface area contributed by atoms with Crippen LogP contribution in [0.1, 0.15) is 48.7 Å². The van der Waals surface area contributed by atoms with Crippen LogP contribution < -0.4 is 11.1 Å². The molecule has 0 fully saturated rings. The lowest BCUT2D eigenvalue weighted by atomic mass is 10.1. The first-order chi connectivity index (χ1) is 26.9. The second-order valence-corrected chi connectivity index (χ2v) is 16.8. The molecule has 0 bridgehead atoms. The molecule has 1 amide bonds. The normalized spacial score (nSPS) is 9.57. The first kappa shape index (κ1) is 44.3. The molecule has 0 unspecified atom stereocenters. The van der Waals surface area contributed by atoms with E-state index in [2.05, 4.69) is 52.2 Å². The molecule has 11 nitrogen and oxygen atoms in total. The number of nitrogen functional groups attached to an aromatic ring is 1. The molecular weight excluding hydrogens is 762 g/mol. The van der Waals surface area contributed by atoms with E-state index in [0.717, 1.165) is 28.1 Å². The zero-order valence-electron chi connectivity index (χ0n) is 31.3. The van der Waals surface area contributed by atoms with E-state index in [4.69, 9.17) is 40.8 Å². The van der Waals surface area contributed by atoms with Crippen LogP contribution in [0.2, 0.25) is 27.4 Å².